The summed E-state index contributed by atoms with van der Waals surface area (Å²) in [4.78, 5) is 11.1. The van der Waals surface area contributed by atoms with E-state index in [9.17, 15) is 0 Å². The summed E-state index contributed by atoms with van der Waals surface area (Å²) in [6, 6.07) is 66.3. The zero-order valence-corrected chi connectivity index (χ0v) is 32.6. The standard InChI is InChI=1S/C55H36N4/c1-55(2)44-23-11-7-17-36(44)42-30-43-49(31-45(42)55)59(54-56-46-24-12-8-22-41(46)53(57-54)35-28-27-33-15-3-4-16-34(33)29-35)51-32-50(39-20-5-6-21-40(39)52(43)51)58-47-25-13-9-18-37(47)38-19-10-14-26-48(38)58/h3-32H,1-2H3. The van der Waals surface area contributed by atoms with Gasteiger partial charge >= 0.3 is 0 Å². The third-order valence-corrected chi connectivity index (χ3v) is 13.1. The van der Waals surface area contributed by atoms with Crippen LogP contribution < -0.4 is 0 Å². The molecule has 12 aromatic rings. The van der Waals surface area contributed by atoms with Gasteiger partial charge in [-0.25, -0.2) is 9.97 Å². The van der Waals surface area contributed by atoms with Gasteiger partial charge in [0.25, 0.3) is 0 Å². The van der Waals surface area contributed by atoms with Crippen LogP contribution in [-0.2, 0) is 5.41 Å². The second-order valence-corrected chi connectivity index (χ2v) is 16.6. The summed E-state index contributed by atoms with van der Waals surface area (Å²) in [7, 11) is 0. The molecule has 59 heavy (non-hydrogen) atoms. The minimum Gasteiger partial charge on any atom is -0.309 e. The molecule has 1 aliphatic carbocycles. The van der Waals surface area contributed by atoms with E-state index in [1.165, 1.54) is 76.4 Å². The van der Waals surface area contributed by atoms with Gasteiger partial charge in [0.2, 0.25) is 5.95 Å². The molecule has 0 aliphatic heterocycles. The second kappa shape index (κ2) is 11.7. The number of nitrogens with zero attached hydrogens (tertiary/aromatic N) is 4. The summed E-state index contributed by atoms with van der Waals surface area (Å²) in [5.41, 5.74) is 13.7. The quantitative estimate of drug-likeness (QED) is 0.180. The molecule has 4 heteroatoms. The molecule has 0 spiro atoms. The van der Waals surface area contributed by atoms with Crippen molar-refractivity contribution in [1.82, 2.24) is 19.1 Å². The molecule has 13 rings (SSSR count). The second-order valence-electron chi connectivity index (χ2n) is 16.6. The first kappa shape index (κ1) is 32.5. The van der Waals surface area contributed by atoms with Gasteiger partial charge in [-0.15, -0.1) is 0 Å². The molecule has 4 nitrogen and oxygen atoms in total. The Kier molecular flexibility index (Phi) is 6.48. The van der Waals surface area contributed by atoms with Gasteiger partial charge in [0.05, 0.1) is 39.0 Å². The van der Waals surface area contributed by atoms with Gasteiger partial charge < -0.3 is 4.57 Å². The van der Waals surface area contributed by atoms with E-state index < -0.39 is 0 Å². The van der Waals surface area contributed by atoms with Gasteiger partial charge in [-0.1, -0.05) is 153 Å². The number of aromatic nitrogens is 4. The summed E-state index contributed by atoms with van der Waals surface area (Å²) in [5.74, 6) is 0.656. The van der Waals surface area contributed by atoms with E-state index in [1.807, 2.05) is 0 Å². The van der Waals surface area contributed by atoms with Crippen LogP contribution in [0.15, 0.2) is 182 Å². The van der Waals surface area contributed by atoms with E-state index in [0.29, 0.717) is 5.95 Å². The first-order valence-electron chi connectivity index (χ1n) is 20.4. The number of rotatable bonds is 3. The van der Waals surface area contributed by atoms with E-state index >= 15 is 0 Å². The molecule has 1 aliphatic rings. The zero-order chi connectivity index (χ0) is 39.0. The summed E-state index contributed by atoms with van der Waals surface area (Å²) >= 11 is 0. The van der Waals surface area contributed by atoms with E-state index in [4.69, 9.17) is 9.97 Å². The third kappa shape index (κ3) is 4.43. The van der Waals surface area contributed by atoms with Crippen LogP contribution >= 0.6 is 0 Å². The lowest BCUT2D eigenvalue weighted by Crippen LogP contribution is -2.15. The Morgan fingerprint density at radius 1 is 0.407 bits per heavy atom. The Morgan fingerprint density at radius 3 is 1.85 bits per heavy atom. The average molecular weight is 753 g/mol. The third-order valence-electron chi connectivity index (χ3n) is 13.1. The smallest absolute Gasteiger partial charge is 0.235 e. The van der Waals surface area contributed by atoms with Crippen molar-refractivity contribution >= 4 is 76.1 Å². The molecular weight excluding hydrogens is 717 g/mol. The van der Waals surface area contributed by atoms with Crippen molar-refractivity contribution in [3.05, 3.63) is 193 Å². The lowest BCUT2D eigenvalue weighted by molar-refractivity contribution is 0.661. The SMILES string of the molecule is CC1(C)c2ccccc2-c2cc3c4c5ccccc5c(-n5c6ccccc6c6ccccc65)cc4n(-c4nc(-c5ccc6ccccc6c5)c5ccccc5n4)c3cc21. The number of para-hydroxylation sites is 3. The maximum atomic E-state index is 5.61. The molecule has 0 saturated heterocycles. The Balaban J connectivity index is 1.21. The maximum Gasteiger partial charge on any atom is 0.235 e. The van der Waals surface area contributed by atoms with Crippen LogP contribution in [-0.4, -0.2) is 19.1 Å². The molecule has 0 fully saturated rings. The normalized spacial score (nSPS) is 13.4. The highest BCUT2D eigenvalue weighted by molar-refractivity contribution is 6.25. The predicted octanol–water partition coefficient (Wildman–Crippen LogP) is 14.1. The Bertz CT molecular complexity index is 3720. The summed E-state index contributed by atoms with van der Waals surface area (Å²) < 4.78 is 4.81. The van der Waals surface area contributed by atoms with E-state index in [-0.39, 0.29) is 5.41 Å². The molecule has 0 radical (unpaired) electrons. The van der Waals surface area contributed by atoms with E-state index in [0.717, 1.165) is 38.9 Å². The van der Waals surface area contributed by atoms with Crippen molar-refractivity contribution in [1.29, 1.82) is 0 Å². The van der Waals surface area contributed by atoms with Gasteiger partial charge in [0.15, 0.2) is 0 Å². The summed E-state index contributed by atoms with van der Waals surface area (Å²) in [6.07, 6.45) is 0. The van der Waals surface area contributed by atoms with Crippen molar-refractivity contribution < 1.29 is 0 Å². The van der Waals surface area contributed by atoms with E-state index in [2.05, 4.69) is 205 Å². The van der Waals surface area contributed by atoms with Gasteiger partial charge in [0.1, 0.15) is 0 Å². The highest BCUT2D eigenvalue weighted by Crippen LogP contribution is 2.52. The van der Waals surface area contributed by atoms with Crippen LogP contribution in [0.25, 0.3) is 110 Å². The van der Waals surface area contributed by atoms with Crippen LogP contribution in [0.1, 0.15) is 25.0 Å². The lowest BCUT2D eigenvalue weighted by Gasteiger charge is -2.21. The molecule has 0 amide bonds. The van der Waals surface area contributed by atoms with Crippen molar-refractivity contribution in [3.8, 4) is 34.0 Å². The molecule has 9 aromatic carbocycles. The van der Waals surface area contributed by atoms with Crippen LogP contribution in [0.5, 0.6) is 0 Å². The van der Waals surface area contributed by atoms with Crippen LogP contribution in [0.3, 0.4) is 0 Å². The van der Waals surface area contributed by atoms with Crippen LogP contribution in [0.4, 0.5) is 0 Å². The first-order valence-corrected chi connectivity index (χ1v) is 20.4. The minimum absolute atomic E-state index is 0.182. The van der Waals surface area contributed by atoms with Crippen LogP contribution in [0.2, 0.25) is 0 Å². The molecule has 0 atom stereocenters. The highest BCUT2D eigenvalue weighted by atomic mass is 15.2. The number of fused-ring (bicyclic) bond motifs is 13. The number of hydrogen-bond donors (Lipinski definition) is 0. The fourth-order valence-corrected chi connectivity index (χ4v) is 10.4. The topological polar surface area (TPSA) is 35.6 Å². The number of hydrogen-bond acceptors (Lipinski definition) is 2. The largest absolute Gasteiger partial charge is 0.309 e. The molecule has 0 N–H and O–H groups in total. The Labute approximate surface area is 340 Å². The first-order chi connectivity index (χ1) is 29.0. The summed E-state index contributed by atoms with van der Waals surface area (Å²) in [6.45, 7) is 4.72. The fourth-order valence-electron chi connectivity index (χ4n) is 10.4. The molecular formula is C55H36N4. The predicted molar refractivity (Wildman–Crippen MR) is 246 cm³/mol. The number of benzene rings is 9. The lowest BCUT2D eigenvalue weighted by atomic mass is 9.82. The zero-order valence-electron chi connectivity index (χ0n) is 32.6. The molecule has 0 bridgehead atoms. The van der Waals surface area contributed by atoms with Crippen molar-refractivity contribution in [2.24, 2.45) is 0 Å². The molecule has 0 unspecified atom stereocenters. The van der Waals surface area contributed by atoms with Crippen molar-refractivity contribution in [3.63, 3.8) is 0 Å². The fraction of sp³-hybridized carbons (Fsp3) is 0.0545. The molecule has 0 saturated carbocycles. The summed E-state index contributed by atoms with van der Waals surface area (Å²) in [5, 5.41) is 10.7. The Morgan fingerprint density at radius 2 is 1.05 bits per heavy atom. The van der Waals surface area contributed by atoms with E-state index in [1.54, 1.807) is 0 Å². The molecule has 3 heterocycles. The minimum atomic E-state index is -0.182. The average Bonchev–Trinajstić information content (AvgIpc) is 3.87. The van der Waals surface area contributed by atoms with Crippen molar-refractivity contribution in [2.75, 3.05) is 0 Å². The van der Waals surface area contributed by atoms with Gasteiger partial charge in [-0.3, -0.25) is 4.57 Å². The van der Waals surface area contributed by atoms with Gasteiger partial charge in [-0.2, -0.15) is 0 Å². The Hall–Kier alpha value is -7.56. The molecule has 3 aromatic heterocycles. The van der Waals surface area contributed by atoms with Gasteiger partial charge in [0, 0.05) is 43.3 Å². The van der Waals surface area contributed by atoms with Crippen molar-refractivity contribution in [2.45, 2.75) is 19.3 Å². The maximum absolute atomic E-state index is 5.61. The van der Waals surface area contributed by atoms with Gasteiger partial charge in [-0.05, 0) is 80.9 Å². The van der Waals surface area contributed by atoms with Crippen LogP contribution in [0, 0.1) is 0 Å². The highest BCUT2D eigenvalue weighted by Gasteiger charge is 2.36. The monoisotopic (exact) mass is 752 g/mol. The molecule has 276 valence electrons.